The highest BCUT2D eigenvalue weighted by molar-refractivity contribution is 5.94. The van der Waals surface area contributed by atoms with Crippen molar-refractivity contribution >= 4 is 12.0 Å². The third-order valence-electron chi connectivity index (χ3n) is 8.38. The van der Waals surface area contributed by atoms with Crippen LogP contribution in [0.3, 0.4) is 0 Å². The van der Waals surface area contributed by atoms with E-state index >= 15 is 0 Å². The number of hydrogen-bond donors (Lipinski definition) is 3. The first-order valence-electron chi connectivity index (χ1n) is 17.5. The van der Waals surface area contributed by atoms with Gasteiger partial charge in [0, 0.05) is 31.7 Å². The molecule has 48 heavy (non-hydrogen) atoms. The van der Waals surface area contributed by atoms with Crippen molar-refractivity contribution in [2.45, 2.75) is 78.7 Å². The third kappa shape index (κ3) is 13.3. The van der Waals surface area contributed by atoms with Crippen LogP contribution in [0.5, 0.6) is 5.75 Å². The van der Waals surface area contributed by atoms with Gasteiger partial charge in [-0.15, -0.1) is 0 Å². The second-order valence-electron chi connectivity index (χ2n) is 11.7. The summed E-state index contributed by atoms with van der Waals surface area (Å²) in [5.41, 5.74) is 3.10. The lowest BCUT2D eigenvalue weighted by atomic mass is 9.89. The molecule has 9 heteroatoms. The average molecular weight is 662 g/mol. The average Bonchev–Trinajstić information content (AvgIpc) is 3.14. The SMILES string of the molecule is C1CN2CCC1CC2.CC.CCOC(CCCNC(=O)c1ccc(COc2cccc(C(NC(=O)O)c3ccccc3)c2)cc1)OCC. The maximum atomic E-state index is 12.5. The van der Waals surface area contributed by atoms with Gasteiger partial charge in [-0.05, 0) is 106 Å². The predicted octanol–water partition coefficient (Wildman–Crippen LogP) is 7.66. The number of carbonyl (C=O) groups excluding carboxylic acids is 1. The summed E-state index contributed by atoms with van der Waals surface area (Å²) in [6.07, 6.45) is 4.60. The van der Waals surface area contributed by atoms with Crippen LogP contribution in [0.15, 0.2) is 78.9 Å². The highest BCUT2D eigenvalue weighted by Crippen LogP contribution is 2.27. The molecule has 0 aromatic heterocycles. The molecule has 262 valence electrons. The maximum Gasteiger partial charge on any atom is 0.405 e. The first-order chi connectivity index (χ1) is 23.4. The molecule has 3 aliphatic heterocycles. The maximum absolute atomic E-state index is 12.5. The van der Waals surface area contributed by atoms with Crippen molar-refractivity contribution in [3.63, 3.8) is 0 Å². The van der Waals surface area contributed by atoms with Crippen molar-refractivity contribution in [3.8, 4) is 5.75 Å². The standard InChI is InChI=1S/C30H36N2O6.C7H13N.C2H6/c1-3-36-27(37-4-2)14-9-19-31-29(33)24-17-15-22(16-18-24)21-38-26-13-8-12-25(20-26)28(32-30(34)35)23-10-6-5-7-11-23;1-4-8-5-2-7(1)3-6-8;1-2/h5-8,10-13,15-18,20,27-28,32H,3-4,9,14,19,21H2,1-2H3,(H,31,33)(H,34,35);7H,1-6H2;1-2H3. The van der Waals surface area contributed by atoms with Crippen molar-refractivity contribution in [1.82, 2.24) is 15.5 Å². The molecular formula is C39H55N3O6. The van der Waals surface area contributed by atoms with Gasteiger partial charge in [0.25, 0.3) is 5.91 Å². The lowest BCUT2D eigenvalue weighted by Gasteiger charge is -2.38. The molecule has 6 rings (SSSR count). The van der Waals surface area contributed by atoms with Crippen LogP contribution in [-0.2, 0) is 16.1 Å². The monoisotopic (exact) mass is 661 g/mol. The number of piperidine rings is 3. The Kier molecular flexibility index (Phi) is 17.5. The minimum Gasteiger partial charge on any atom is -0.489 e. The van der Waals surface area contributed by atoms with E-state index in [-0.39, 0.29) is 12.2 Å². The summed E-state index contributed by atoms with van der Waals surface area (Å²) in [6.45, 7) is 14.1. The zero-order valence-corrected chi connectivity index (χ0v) is 29.2. The smallest absolute Gasteiger partial charge is 0.405 e. The normalized spacial score (nSPS) is 16.9. The molecule has 3 saturated heterocycles. The molecule has 3 N–H and O–H groups in total. The van der Waals surface area contributed by atoms with E-state index in [1.54, 1.807) is 12.1 Å². The van der Waals surface area contributed by atoms with Gasteiger partial charge in [-0.1, -0.05) is 68.4 Å². The van der Waals surface area contributed by atoms with E-state index in [1.165, 1.54) is 38.9 Å². The molecule has 3 aromatic carbocycles. The van der Waals surface area contributed by atoms with E-state index in [4.69, 9.17) is 14.2 Å². The molecule has 2 bridgehead atoms. The van der Waals surface area contributed by atoms with Gasteiger partial charge in [0.15, 0.2) is 6.29 Å². The fraction of sp³-hybridized carbons (Fsp3) is 0.487. The van der Waals surface area contributed by atoms with Gasteiger partial charge in [-0.2, -0.15) is 0 Å². The Morgan fingerprint density at radius 3 is 2.02 bits per heavy atom. The lowest BCUT2D eigenvalue weighted by molar-refractivity contribution is -0.139. The van der Waals surface area contributed by atoms with Crippen LogP contribution in [-0.4, -0.2) is 67.7 Å². The zero-order chi connectivity index (χ0) is 34.6. The van der Waals surface area contributed by atoms with E-state index in [9.17, 15) is 14.7 Å². The van der Waals surface area contributed by atoms with Gasteiger partial charge >= 0.3 is 6.09 Å². The van der Waals surface area contributed by atoms with E-state index in [1.807, 2.05) is 94.4 Å². The van der Waals surface area contributed by atoms with Gasteiger partial charge < -0.3 is 34.9 Å². The van der Waals surface area contributed by atoms with Crippen LogP contribution >= 0.6 is 0 Å². The van der Waals surface area contributed by atoms with Crippen molar-refractivity contribution in [1.29, 1.82) is 0 Å². The lowest BCUT2D eigenvalue weighted by Crippen LogP contribution is -2.41. The quantitative estimate of drug-likeness (QED) is 0.113. The van der Waals surface area contributed by atoms with Gasteiger partial charge in [0.2, 0.25) is 0 Å². The Hall–Kier alpha value is -3.92. The van der Waals surface area contributed by atoms with E-state index in [0.717, 1.165) is 35.4 Å². The number of ether oxygens (including phenoxy) is 3. The Bertz CT molecular complexity index is 1300. The van der Waals surface area contributed by atoms with Crippen LogP contribution in [0.25, 0.3) is 0 Å². The van der Waals surface area contributed by atoms with Crippen LogP contribution < -0.4 is 15.4 Å². The summed E-state index contributed by atoms with van der Waals surface area (Å²) in [6, 6.07) is 23.5. The summed E-state index contributed by atoms with van der Waals surface area (Å²) in [4.78, 5) is 26.5. The molecular weight excluding hydrogens is 606 g/mol. The number of rotatable bonds is 15. The van der Waals surface area contributed by atoms with Crippen molar-refractivity contribution in [2.75, 3.05) is 39.4 Å². The largest absolute Gasteiger partial charge is 0.489 e. The highest BCUT2D eigenvalue weighted by atomic mass is 16.7. The van der Waals surface area contributed by atoms with Gasteiger partial charge in [-0.3, -0.25) is 4.79 Å². The minimum atomic E-state index is -1.10. The molecule has 1 unspecified atom stereocenters. The third-order valence-corrected chi connectivity index (χ3v) is 8.38. The number of nitrogens with zero attached hydrogens (tertiary/aromatic N) is 1. The molecule has 2 amide bonds. The molecule has 0 radical (unpaired) electrons. The second kappa shape index (κ2) is 21.9. The first-order valence-corrected chi connectivity index (χ1v) is 17.5. The number of amides is 2. The number of nitrogens with one attached hydrogen (secondary N) is 2. The van der Waals surface area contributed by atoms with Crippen LogP contribution in [0.4, 0.5) is 4.79 Å². The number of benzene rings is 3. The van der Waals surface area contributed by atoms with Gasteiger partial charge in [-0.25, -0.2) is 4.79 Å². The topological polar surface area (TPSA) is 109 Å². The van der Waals surface area contributed by atoms with Crippen molar-refractivity contribution in [3.05, 3.63) is 101 Å². The second-order valence-corrected chi connectivity index (χ2v) is 11.7. The number of carboxylic acid groups (broad SMARTS) is 1. The number of fused-ring (bicyclic) bond motifs is 3. The Balaban J connectivity index is 0.000000531. The minimum absolute atomic E-state index is 0.132. The summed E-state index contributed by atoms with van der Waals surface area (Å²) >= 11 is 0. The molecule has 1 atom stereocenters. The molecule has 3 aromatic rings. The summed E-state index contributed by atoms with van der Waals surface area (Å²) in [5, 5.41) is 14.8. The van der Waals surface area contributed by atoms with E-state index in [2.05, 4.69) is 15.5 Å². The molecule has 3 fully saturated rings. The number of carbonyl (C=O) groups is 2. The molecule has 3 heterocycles. The van der Waals surface area contributed by atoms with Crippen molar-refractivity contribution in [2.24, 2.45) is 5.92 Å². The number of hydrogen-bond acceptors (Lipinski definition) is 6. The summed E-state index contributed by atoms with van der Waals surface area (Å²) in [5.74, 6) is 1.60. The van der Waals surface area contributed by atoms with Crippen molar-refractivity contribution < 1.29 is 28.9 Å². The predicted molar refractivity (Wildman–Crippen MR) is 190 cm³/mol. The van der Waals surface area contributed by atoms with E-state index in [0.29, 0.717) is 37.7 Å². The molecule has 0 saturated carbocycles. The van der Waals surface area contributed by atoms with Crippen LogP contribution in [0.1, 0.15) is 92.9 Å². The fourth-order valence-corrected chi connectivity index (χ4v) is 5.85. The Labute approximate surface area is 287 Å². The Morgan fingerprint density at radius 1 is 0.854 bits per heavy atom. The summed E-state index contributed by atoms with van der Waals surface area (Å²) < 4.78 is 17.0. The molecule has 0 spiro atoms. The zero-order valence-electron chi connectivity index (χ0n) is 29.2. The molecule has 9 nitrogen and oxygen atoms in total. The summed E-state index contributed by atoms with van der Waals surface area (Å²) in [7, 11) is 0. The Morgan fingerprint density at radius 2 is 1.48 bits per heavy atom. The first kappa shape index (κ1) is 38.5. The van der Waals surface area contributed by atoms with Crippen LogP contribution in [0.2, 0.25) is 0 Å². The molecule has 0 aliphatic carbocycles. The van der Waals surface area contributed by atoms with Gasteiger partial charge in [0.1, 0.15) is 12.4 Å². The van der Waals surface area contributed by atoms with E-state index < -0.39 is 12.1 Å². The van der Waals surface area contributed by atoms with Crippen LogP contribution in [0, 0.1) is 5.92 Å². The highest BCUT2D eigenvalue weighted by Gasteiger charge is 2.24. The fourth-order valence-electron chi connectivity index (χ4n) is 5.85. The van der Waals surface area contributed by atoms with Gasteiger partial charge in [0.05, 0.1) is 6.04 Å². The molecule has 3 aliphatic rings.